The highest BCUT2D eigenvalue weighted by atomic mass is 16.1. The van der Waals surface area contributed by atoms with Crippen LogP contribution in [0.2, 0.25) is 0 Å². The van der Waals surface area contributed by atoms with Gasteiger partial charge in [0, 0.05) is 6.42 Å². The zero-order valence-corrected chi connectivity index (χ0v) is 14.7. The summed E-state index contributed by atoms with van der Waals surface area (Å²) in [5.41, 5.74) is 3.86. The van der Waals surface area contributed by atoms with E-state index in [1.54, 1.807) is 5.57 Å². The van der Waals surface area contributed by atoms with Crippen molar-refractivity contribution in [3.05, 3.63) is 36.0 Å². The number of carbonyl (C=O) groups excluding carboxylic acids is 1. The lowest BCUT2D eigenvalue weighted by molar-refractivity contribution is -0.117. The first-order chi connectivity index (χ1) is 11.0. The third kappa shape index (κ3) is 2.08. The van der Waals surface area contributed by atoms with E-state index in [0.717, 1.165) is 37.0 Å². The Morgan fingerprint density at radius 2 is 1.83 bits per heavy atom. The molecule has 0 radical (unpaired) electrons. The second-order valence-electron chi connectivity index (χ2n) is 8.89. The smallest absolute Gasteiger partial charge is 0.155 e. The highest BCUT2D eigenvalue weighted by Gasteiger charge is 2.57. The van der Waals surface area contributed by atoms with Crippen molar-refractivity contribution in [2.75, 3.05) is 0 Å². The molecule has 1 heteroatoms. The largest absolute Gasteiger partial charge is 0.295 e. The summed E-state index contributed by atoms with van der Waals surface area (Å²) in [5.74, 6) is 2.88. The zero-order valence-electron chi connectivity index (χ0n) is 14.7. The molecule has 23 heavy (non-hydrogen) atoms. The fourth-order valence-electron chi connectivity index (χ4n) is 6.82. The van der Waals surface area contributed by atoms with E-state index < -0.39 is 0 Å². The molecule has 4 rings (SSSR count). The molecule has 4 aliphatic rings. The number of hydrogen-bond acceptors (Lipinski definition) is 1. The van der Waals surface area contributed by atoms with Gasteiger partial charge in [-0.15, -0.1) is 0 Å². The standard InChI is InChI=1S/C22H30O/c1-4-5-15-7-9-19-18-8-6-16-14-17(23)10-12-22(16,3)20(18)11-13-21(15,19)2/h4-5,14,18-20H,1,6-13H2,2-3H3/b15-5-/t18-,19-,20-,21+,22+/m1/s1. The molecule has 0 spiro atoms. The number of carbonyl (C=O) groups is 1. The fraction of sp³-hybridized carbons (Fsp3) is 0.682. The number of rotatable bonds is 1. The lowest BCUT2D eigenvalue weighted by Gasteiger charge is -2.57. The second-order valence-corrected chi connectivity index (χ2v) is 8.89. The highest BCUT2D eigenvalue weighted by molar-refractivity contribution is 5.91. The SMILES string of the molecule is C=C/C=C1/CC[C@@H]2[C@H]3CCC4=CC(=O)CC[C@]4(C)[C@@H]3CC[C@@]12C. The normalized spacial score (nSPS) is 47.6. The van der Waals surface area contributed by atoms with Crippen molar-refractivity contribution >= 4 is 5.78 Å². The highest BCUT2D eigenvalue weighted by Crippen LogP contribution is 2.66. The van der Waals surface area contributed by atoms with Gasteiger partial charge in [-0.05, 0) is 79.6 Å². The molecule has 0 bridgehead atoms. The van der Waals surface area contributed by atoms with Gasteiger partial charge in [-0.1, -0.05) is 43.7 Å². The van der Waals surface area contributed by atoms with Crippen LogP contribution in [0.15, 0.2) is 36.0 Å². The van der Waals surface area contributed by atoms with Crippen LogP contribution in [0, 0.1) is 28.6 Å². The monoisotopic (exact) mass is 310 g/mol. The van der Waals surface area contributed by atoms with Gasteiger partial charge in [0.1, 0.15) is 0 Å². The Balaban J connectivity index is 1.68. The van der Waals surface area contributed by atoms with Gasteiger partial charge in [-0.2, -0.15) is 0 Å². The molecule has 0 heterocycles. The van der Waals surface area contributed by atoms with Crippen molar-refractivity contribution in [2.45, 2.75) is 65.2 Å². The third-order valence-electron chi connectivity index (χ3n) is 8.13. The van der Waals surface area contributed by atoms with E-state index in [1.165, 1.54) is 37.7 Å². The molecule has 0 aromatic carbocycles. The van der Waals surface area contributed by atoms with Crippen molar-refractivity contribution in [1.82, 2.24) is 0 Å². The predicted molar refractivity (Wildman–Crippen MR) is 95.0 cm³/mol. The summed E-state index contributed by atoms with van der Waals surface area (Å²) >= 11 is 0. The Labute approximate surface area is 140 Å². The molecular weight excluding hydrogens is 280 g/mol. The molecule has 0 aliphatic heterocycles. The van der Waals surface area contributed by atoms with Gasteiger partial charge in [0.15, 0.2) is 5.78 Å². The minimum atomic E-state index is 0.309. The van der Waals surface area contributed by atoms with Gasteiger partial charge in [0.25, 0.3) is 0 Å². The Bertz CT molecular complexity index is 609. The number of allylic oxidation sites excluding steroid dienone is 4. The molecule has 4 aliphatic carbocycles. The van der Waals surface area contributed by atoms with Gasteiger partial charge in [0.2, 0.25) is 0 Å². The van der Waals surface area contributed by atoms with E-state index >= 15 is 0 Å². The van der Waals surface area contributed by atoms with E-state index in [9.17, 15) is 4.79 Å². The summed E-state index contributed by atoms with van der Waals surface area (Å²) in [4.78, 5) is 11.9. The summed E-state index contributed by atoms with van der Waals surface area (Å²) in [6.45, 7) is 8.93. The first kappa shape index (κ1) is 15.4. The maximum atomic E-state index is 11.9. The second kappa shape index (κ2) is 5.19. The van der Waals surface area contributed by atoms with Crippen molar-refractivity contribution < 1.29 is 4.79 Å². The van der Waals surface area contributed by atoms with Gasteiger partial charge < -0.3 is 0 Å². The van der Waals surface area contributed by atoms with Crippen LogP contribution in [0.3, 0.4) is 0 Å². The van der Waals surface area contributed by atoms with Gasteiger partial charge >= 0.3 is 0 Å². The van der Waals surface area contributed by atoms with E-state index in [0.29, 0.717) is 16.6 Å². The summed E-state index contributed by atoms with van der Waals surface area (Å²) in [6, 6.07) is 0. The molecule has 0 saturated heterocycles. The molecule has 1 nitrogen and oxygen atoms in total. The van der Waals surface area contributed by atoms with Crippen LogP contribution in [-0.4, -0.2) is 5.78 Å². The van der Waals surface area contributed by atoms with E-state index in [2.05, 4.69) is 26.5 Å². The van der Waals surface area contributed by atoms with Crippen molar-refractivity contribution in [1.29, 1.82) is 0 Å². The van der Waals surface area contributed by atoms with E-state index in [1.807, 2.05) is 12.2 Å². The van der Waals surface area contributed by atoms with Crippen LogP contribution in [0.1, 0.15) is 65.2 Å². The molecule has 0 aromatic rings. The number of ketones is 1. The fourth-order valence-corrected chi connectivity index (χ4v) is 6.82. The Morgan fingerprint density at radius 3 is 2.61 bits per heavy atom. The summed E-state index contributed by atoms with van der Waals surface area (Å²) in [6.07, 6.45) is 16.0. The Morgan fingerprint density at radius 1 is 1.04 bits per heavy atom. The van der Waals surface area contributed by atoms with Crippen molar-refractivity contribution in [3.63, 3.8) is 0 Å². The van der Waals surface area contributed by atoms with Gasteiger partial charge in [0.05, 0.1) is 0 Å². The number of hydrogen-bond donors (Lipinski definition) is 0. The lowest BCUT2D eigenvalue weighted by atomic mass is 9.47. The molecule has 5 atom stereocenters. The third-order valence-corrected chi connectivity index (χ3v) is 8.13. The summed E-state index contributed by atoms with van der Waals surface area (Å²) in [7, 11) is 0. The van der Waals surface area contributed by atoms with Crippen LogP contribution in [0.4, 0.5) is 0 Å². The minimum absolute atomic E-state index is 0.309. The molecule has 3 fully saturated rings. The van der Waals surface area contributed by atoms with Crippen LogP contribution in [0.5, 0.6) is 0 Å². The van der Waals surface area contributed by atoms with Crippen LogP contribution in [0.25, 0.3) is 0 Å². The zero-order chi connectivity index (χ0) is 16.2. The van der Waals surface area contributed by atoms with E-state index in [-0.39, 0.29) is 0 Å². The molecule has 0 aromatic heterocycles. The van der Waals surface area contributed by atoms with Gasteiger partial charge in [-0.3, -0.25) is 4.79 Å². The average Bonchev–Trinajstić information content (AvgIpc) is 2.85. The van der Waals surface area contributed by atoms with Crippen LogP contribution >= 0.6 is 0 Å². The first-order valence-electron chi connectivity index (χ1n) is 9.55. The summed E-state index contributed by atoms with van der Waals surface area (Å²) < 4.78 is 0. The molecule has 0 unspecified atom stereocenters. The topological polar surface area (TPSA) is 17.1 Å². The minimum Gasteiger partial charge on any atom is -0.295 e. The number of fused-ring (bicyclic) bond motifs is 5. The molecule has 124 valence electrons. The Kier molecular flexibility index (Phi) is 3.48. The van der Waals surface area contributed by atoms with Crippen molar-refractivity contribution in [2.24, 2.45) is 28.6 Å². The van der Waals surface area contributed by atoms with Crippen LogP contribution in [-0.2, 0) is 4.79 Å². The molecule has 0 amide bonds. The first-order valence-corrected chi connectivity index (χ1v) is 9.55. The van der Waals surface area contributed by atoms with Gasteiger partial charge in [-0.25, -0.2) is 0 Å². The quantitative estimate of drug-likeness (QED) is 0.613. The summed E-state index contributed by atoms with van der Waals surface area (Å²) in [5, 5.41) is 0. The van der Waals surface area contributed by atoms with E-state index in [4.69, 9.17) is 0 Å². The molecule has 0 N–H and O–H groups in total. The van der Waals surface area contributed by atoms with Crippen molar-refractivity contribution in [3.8, 4) is 0 Å². The maximum absolute atomic E-state index is 11.9. The maximum Gasteiger partial charge on any atom is 0.155 e. The average molecular weight is 310 g/mol. The predicted octanol–water partition coefficient (Wildman–Crippen LogP) is 5.63. The lowest BCUT2D eigenvalue weighted by Crippen LogP contribution is -2.49. The van der Waals surface area contributed by atoms with Crippen LogP contribution < -0.4 is 0 Å². The molecular formula is C22H30O. The Hall–Kier alpha value is -1.11. The molecule has 3 saturated carbocycles.